The van der Waals surface area contributed by atoms with Crippen molar-refractivity contribution in [3.05, 3.63) is 58.5 Å². The van der Waals surface area contributed by atoms with Gasteiger partial charge in [0.1, 0.15) is 6.10 Å². The van der Waals surface area contributed by atoms with Gasteiger partial charge in [-0.05, 0) is 38.2 Å². The van der Waals surface area contributed by atoms with E-state index in [1.54, 1.807) is 26.0 Å². The Hall–Kier alpha value is -3.98. The average Bonchev–Trinajstić information content (AvgIpc) is 2.94. The quantitative estimate of drug-likeness (QED) is 0.215. The van der Waals surface area contributed by atoms with E-state index < -0.39 is 53.9 Å². The van der Waals surface area contributed by atoms with Crippen molar-refractivity contribution in [2.45, 2.75) is 65.0 Å². The van der Waals surface area contributed by atoms with E-state index in [9.17, 15) is 24.3 Å². The molecule has 2 bridgehead atoms. The number of ketones is 2. The number of nitrogens with one attached hydrogen (secondary N) is 2. The predicted molar refractivity (Wildman–Crippen MR) is 156 cm³/mol. The van der Waals surface area contributed by atoms with Crippen LogP contribution in [0.3, 0.4) is 0 Å². The molecule has 0 aromatic carbocycles. The standard InChI is InChI=1S/C31H41N3O8/c1-8-12-33-26-21-13-17(2)14-25(41-7)27(36)19(4)15-20(5)29(42-31(32)39)24(40-6)11-9-10-18(3)30(38)34-22(28(21)37)16-23(26)35/h1,9-11,15-17,19,24-25,27,29,33,36H,12-14H2,2-7H3,(H2,32,39)(H,34,38)/t17-,19+,24+,25+,27-,29+/m1/s1. The molecule has 11 heteroatoms. The maximum absolute atomic E-state index is 13.5. The predicted octanol–water partition coefficient (Wildman–Crippen LogP) is 1.98. The highest BCUT2D eigenvalue weighted by Gasteiger charge is 2.33. The van der Waals surface area contributed by atoms with Crippen molar-refractivity contribution in [2.24, 2.45) is 17.6 Å². The van der Waals surface area contributed by atoms with E-state index in [1.807, 2.05) is 6.92 Å². The molecule has 0 aromatic heterocycles. The molecule has 11 nitrogen and oxygen atoms in total. The van der Waals surface area contributed by atoms with Gasteiger partial charge in [-0.3, -0.25) is 14.4 Å². The van der Waals surface area contributed by atoms with Crippen molar-refractivity contribution in [1.82, 2.24) is 10.6 Å². The van der Waals surface area contributed by atoms with Crippen molar-refractivity contribution in [3.8, 4) is 12.3 Å². The first-order chi connectivity index (χ1) is 19.8. The number of primary amides is 1. The number of nitrogens with two attached hydrogens (primary N) is 1. The Labute approximate surface area is 246 Å². The van der Waals surface area contributed by atoms with Gasteiger partial charge in [-0.25, -0.2) is 4.79 Å². The van der Waals surface area contributed by atoms with Gasteiger partial charge in [-0.1, -0.05) is 44.1 Å². The minimum atomic E-state index is -1.01. The molecule has 1 aliphatic heterocycles. The number of fused-ring (bicyclic) bond motifs is 2. The van der Waals surface area contributed by atoms with Crippen LogP contribution in [0, 0.1) is 24.2 Å². The van der Waals surface area contributed by atoms with Crippen LogP contribution in [0.15, 0.2) is 58.5 Å². The van der Waals surface area contributed by atoms with Crippen LogP contribution in [0.5, 0.6) is 0 Å². The molecule has 42 heavy (non-hydrogen) atoms. The molecule has 0 saturated carbocycles. The average molecular weight is 584 g/mol. The zero-order chi connectivity index (χ0) is 31.6. The van der Waals surface area contributed by atoms with Crippen LogP contribution in [0.4, 0.5) is 4.79 Å². The third kappa shape index (κ3) is 9.01. The second kappa shape index (κ2) is 15.9. The summed E-state index contributed by atoms with van der Waals surface area (Å²) in [7, 11) is 2.90. The molecule has 0 aromatic rings. The molecule has 0 radical (unpaired) electrons. The van der Waals surface area contributed by atoms with Crippen molar-refractivity contribution in [2.75, 3.05) is 20.8 Å². The van der Waals surface area contributed by atoms with Crippen LogP contribution in [-0.2, 0) is 28.6 Å². The Balaban J connectivity index is 2.62. The van der Waals surface area contributed by atoms with Gasteiger partial charge in [0.15, 0.2) is 6.10 Å². The Morgan fingerprint density at radius 1 is 1.21 bits per heavy atom. The van der Waals surface area contributed by atoms with Crippen molar-refractivity contribution < 1.29 is 38.5 Å². The molecular formula is C31H41N3O8. The smallest absolute Gasteiger partial charge is 0.405 e. The normalized spacial score (nSPS) is 28.2. The van der Waals surface area contributed by atoms with E-state index in [0.29, 0.717) is 12.0 Å². The zero-order valence-corrected chi connectivity index (χ0v) is 24.9. The minimum Gasteiger partial charge on any atom is -0.439 e. The topological polar surface area (TPSA) is 166 Å². The molecule has 2 amide bonds. The summed E-state index contributed by atoms with van der Waals surface area (Å²) in [4.78, 5) is 51.2. The molecule has 0 unspecified atom stereocenters. The number of ether oxygens (including phenoxy) is 3. The lowest BCUT2D eigenvalue weighted by Gasteiger charge is -2.30. The highest BCUT2D eigenvalue weighted by atomic mass is 16.6. The second-order valence-corrected chi connectivity index (χ2v) is 10.5. The Morgan fingerprint density at radius 2 is 1.90 bits per heavy atom. The summed E-state index contributed by atoms with van der Waals surface area (Å²) in [6.45, 7) is 6.95. The largest absolute Gasteiger partial charge is 0.439 e. The maximum Gasteiger partial charge on any atom is 0.405 e. The third-order valence-electron chi connectivity index (χ3n) is 7.16. The first-order valence-electron chi connectivity index (χ1n) is 13.6. The van der Waals surface area contributed by atoms with E-state index in [2.05, 4.69) is 16.6 Å². The van der Waals surface area contributed by atoms with E-state index in [0.717, 1.165) is 6.08 Å². The van der Waals surface area contributed by atoms with Gasteiger partial charge in [0, 0.05) is 37.4 Å². The minimum absolute atomic E-state index is 0.0293. The molecule has 2 rings (SSSR count). The van der Waals surface area contributed by atoms with Crippen LogP contribution in [-0.4, -0.2) is 73.9 Å². The summed E-state index contributed by atoms with van der Waals surface area (Å²) in [5, 5.41) is 16.6. The van der Waals surface area contributed by atoms with E-state index >= 15 is 0 Å². The van der Waals surface area contributed by atoms with Gasteiger partial charge >= 0.3 is 6.09 Å². The fraction of sp³-hybridized carbons (Fsp3) is 0.484. The summed E-state index contributed by atoms with van der Waals surface area (Å²) < 4.78 is 16.5. The number of rotatable bonds is 5. The number of methoxy groups -OCH3 is 2. The van der Waals surface area contributed by atoms with Crippen LogP contribution in [0.25, 0.3) is 0 Å². The molecule has 1 aliphatic carbocycles. The molecule has 2 aliphatic rings. The number of aliphatic hydroxyl groups excluding tert-OH is 1. The summed E-state index contributed by atoms with van der Waals surface area (Å²) in [6.07, 6.45) is 8.96. The number of allylic oxidation sites excluding steroid dienone is 4. The fourth-order valence-electron chi connectivity index (χ4n) is 4.92. The first-order valence-corrected chi connectivity index (χ1v) is 13.6. The molecule has 0 saturated heterocycles. The first kappa shape index (κ1) is 34.2. The molecule has 0 fully saturated rings. The monoisotopic (exact) mass is 583 g/mol. The Morgan fingerprint density at radius 3 is 2.50 bits per heavy atom. The van der Waals surface area contributed by atoms with Crippen molar-refractivity contribution >= 4 is 23.6 Å². The number of terminal acetylenes is 1. The van der Waals surface area contributed by atoms with Gasteiger partial charge in [0.25, 0.3) is 5.91 Å². The maximum atomic E-state index is 13.5. The van der Waals surface area contributed by atoms with Crippen LogP contribution in [0.1, 0.15) is 40.5 Å². The van der Waals surface area contributed by atoms with Gasteiger partial charge in [-0.2, -0.15) is 0 Å². The fourth-order valence-corrected chi connectivity index (χ4v) is 4.92. The number of carbonyl (C=O) groups is 4. The molecule has 5 N–H and O–H groups in total. The summed E-state index contributed by atoms with van der Waals surface area (Å²) >= 11 is 0. The second-order valence-electron chi connectivity index (χ2n) is 10.5. The van der Waals surface area contributed by atoms with Gasteiger partial charge in [-0.15, -0.1) is 6.42 Å². The van der Waals surface area contributed by atoms with E-state index in [4.69, 9.17) is 26.4 Å². The highest BCUT2D eigenvalue weighted by Crippen LogP contribution is 2.28. The lowest BCUT2D eigenvalue weighted by molar-refractivity contribution is -0.120. The van der Waals surface area contributed by atoms with E-state index in [-0.39, 0.29) is 41.4 Å². The molecule has 6 atom stereocenters. The van der Waals surface area contributed by atoms with Crippen LogP contribution >= 0.6 is 0 Å². The molecule has 228 valence electrons. The van der Waals surface area contributed by atoms with Crippen molar-refractivity contribution in [1.29, 1.82) is 0 Å². The molecule has 1 heterocycles. The highest BCUT2D eigenvalue weighted by molar-refractivity contribution is 6.23. The number of hydrogen-bond acceptors (Lipinski definition) is 9. The zero-order valence-electron chi connectivity index (χ0n) is 24.9. The number of Topliss-reactive ketones (excluding diaryl/α,β-unsaturated/α-hetero) is 1. The molecular weight excluding hydrogens is 542 g/mol. The summed E-state index contributed by atoms with van der Waals surface area (Å²) in [5.41, 5.74) is 6.25. The number of carbonyl (C=O) groups excluding carboxylic acids is 4. The van der Waals surface area contributed by atoms with E-state index in [1.165, 1.54) is 33.3 Å². The van der Waals surface area contributed by atoms with Crippen molar-refractivity contribution in [3.63, 3.8) is 0 Å². The van der Waals surface area contributed by atoms with Crippen LogP contribution in [0.2, 0.25) is 0 Å². The number of amides is 2. The van der Waals surface area contributed by atoms with Crippen LogP contribution < -0.4 is 16.4 Å². The van der Waals surface area contributed by atoms with Gasteiger partial charge in [0.2, 0.25) is 11.6 Å². The van der Waals surface area contributed by atoms with Gasteiger partial charge < -0.3 is 35.7 Å². The number of hydrogen-bond donors (Lipinski definition) is 4. The molecule has 0 spiro atoms. The summed E-state index contributed by atoms with van der Waals surface area (Å²) in [5.74, 6) is 0.118. The lowest BCUT2D eigenvalue weighted by atomic mass is 9.85. The Kier molecular flexibility index (Phi) is 12.9. The van der Waals surface area contributed by atoms with Gasteiger partial charge in [0.05, 0.1) is 30.1 Å². The lowest BCUT2D eigenvalue weighted by Crippen LogP contribution is -2.38. The third-order valence-corrected chi connectivity index (χ3v) is 7.16. The number of aliphatic hydroxyl groups is 1. The SMILES string of the molecule is C#CCNC1=C2C[C@@H](C)C[C@H](OC)[C@H](O)[C@@H](C)C=C(C)[C@H](OC(N)=O)[C@@H](OC)C=CC=C(C)C(=O)NC(=CC1=O)C2=O. The summed E-state index contributed by atoms with van der Waals surface area (Å²) in [6, 6.07) is 0. The Bertz CT molecular complexity index is 1250.